The van der Waals surface area contributed by atoms with Crippen molar-refractivity contribution in [3.63, 3.8) is 0 Å². The molecule has 108 valence electrons. The summed E-state index contributed by atoms with van der Waals surface area (Å²) >= 11 is 0. The van der Waals surface area contributed by atoms with E-state index < -0.39 is 6.10 Å². The Morgan fingerprint density at radius 2 is 2.05 bits per heavy atom. The second-order valence-electron chi connectivity index (χ2n) is 4.90. The molecule has 0 aromatic heterocycles. The summed E-state index contributed by atoms with van der Waals surface area (Å²) < 4.78 is 5.57. The normalized spacial score (nSPS) is 12.4. The molecule has 0 amide bonds. The van der Waals surface area contributed by atoms with Crippen molar-refractivity contribution in [2.45, 2.75) is 46.1 Å². The number of aliphatic hydroxyl groups excluding tert-OH is 1. The van der Waals surface area contributed by atoms with Gasteiger partial charge in [-0.25, -0.2) is 0 Å². The first kappa shape index (κ1) is 16.0. The van der Waals surface area contributed by atoms with Gasteiger partial charge in [0, 0.05) is 12.1 Å². The van der Waals surface area contributed by atoms with E-state index in [9.17, 15) is 5.11 Å². The van der Waals surface area contributed by atoms with Gasteiger partial charge >= 0.3 is 0 Å². The first-order valence-electron chi connectivity index (χ1n) is 7.31. The van der Waals surface area contributed by atoms with Crippen molar-refractivity contribution in [2.24, 2.45) is 0 Å². The fourth-order valence-corrected chi connectivity index (χ4v) is 2.06. The molecule has 0 bridgehead atoms. The van der Waals surface area contributed by atoms with Crippen LogP contribution in [0.4, 0.5) is 0 Å². The number of benzene rings is 1. The molecule has 19 heavy (non-hydrogen) atoms. The van der Waals surface area contributed by atoms with Gasteiger partial charge in [0.05, 0.1) is 12.7 Å². The predicted octanol–water partition coefficient (Wildman–Crippen LogP) is 3.21. The molecule has 0 saturated heterocycles. The van der Waals surface area contributed by atoms with Gasteiger partial charge in [0.2, 0.25) is 0 Å². The van der Waals surface area contributed by atoms with Crippen LogP contribution in [0.3, 0.4) is 0 Å². The summed E-state index contributed by atoms with van der Waals surface area (Å²) in [6.07, 6.45) is 3.10. The maximum atomic E-state index is 10.3. The number of rotatable bonds is 9. The van der Waals surface area contributed by atoms with E-state index in [0.29, 0.717) is 13.2 Å². The van der Waals surface area contributed by atoms with Crippen LogP contribution in [0, 0.1) is 6.92 Å². The third-order valence-electron chi connectivity index (χ3n) is 3.12. The molecule has 3 heteroatoms. The quantitative estimate of drug-likeness (QED) is 0.674. The molecule has 1 unspecified atom stereocenters. The number of unbranched alkanes of at least 4 members (excludes halogenated alkanes) is 2. The van der Waals surface area contributed by atoms with Crippen LogP contribution in [0.2, 0.25) is 0 Å². The molecule has 0 aliphatic heterocycles. The lowest BCUT2D eigenvalue weighted by Crippen LogP contribution is -2.23. The van der Waals surface area contributed by atoms with Gasteiger partial charge in [-0.1, -0.05) is 31.4 Å². The van der Waals surface area contributed by atoms with Crippen LogP contribution in [-0.2, 0) is 0 Å². The highest BCUT2D eigenvalue weighted by molar-refractivity contribution is 5.38. The average Bonchev–Trinajstić information content (AvgIpc) is 2.40. The van der Waals surface area contributed by atoms with E-state index in [1.165, 1.54) is 12.8 Å². The minimum Gasteiger partial charge on any atom is -0.493 e. The van der Waals surface area contributed by atoms with Crippen molar-refractivity contribution in [3.05, 3.63) is 29.3 Å². The molecule has 0 spiro atoms. The molecular weight excluding hydrogens is 238 g/mol. The van der Waals surface area contributed by atoms with Crippen LogP contribution in [0.1, 0.15) is 50.3 Å². The summed E-state index contributed by atoms with van der Waals surface area (Å²) in [5, 5.41) is 13.6. The van der Waals surface area contributed by atoms with Crippen LogP contribution in [0.5, 0.6) is 5.75 Å². The Hall–Kier alpha value is -1.06. The first-order valence-corrected chi connectivity index (χ1v) is 7.31. The molecule has 3 nitrogen and oxygen atoms in total. The van der Waals surface area contributed by atoms with Crippen molar-refractivity contribution in [1.82, 2.24) is 5.32 Å². The molecule has 0 radical (unpaired) electrons. The zero-order valence-corrected chi connectivity index (χ0v) is 12.4. The van der Waals surface area contributed by atoms with Gasteiger partial charge in [0.1, 0.15) is 5.75 Å². The largest absolute Gasteiger partial charge is 0.493 e. The predicted molar refractivity (Wildman–Crippen MR) is 79.7 cm³/mol. The zero-order valence-electron chi connectivity index (χ0n) is 12.4. The molecule has 0 fully saturated rings. The smallest absolute Gasteiger partial charge is 0.125 e. The lowest BCUT2D eigenvalue weighted by molar-refractivity contribution is 0.169. The van der Waals surface area contributed by atoms with Crippen molar-refractivity contribution < 1.29 is 9.84 Å². The fourth-order valence-electron chi connectivity index (χ4n) is 2.06. The molecule has 0 heterocycles. The number of ether oxygens (including phenoxy) is 1. The summed E-state index contributed by atoms with van der Waals surface area (Å²) in [5.41, 5.74) is 2.02. The summed E-state index contributed by atoms with van der Waals surface area (Å²) in [7, 11) is 0. The minimum absolute atomic E-state index is 0.511. The lowest BCUT2D eigenvalue weighted by Gasteiger charge is -2.17. The van der Waals surface area contributed by atoms with Gasteiger partial charge < -0.3 is 15.2 Å². The van der Waals surface area contributed by atoms with Crippen LogP contribution < -0.4 is 10.1 Å². The third-order valence-corrected chi connectivity index (χ3v) is 3.12. The van der Waals surface area contributed by atoms with Crippen LogP contribution in [0.25, 0.3) is 0 Å². The molecule has 1 atom stereocenters. The lowest BCUT2D eigenvalue weighted by atomic mass is 10.0. The molecule has 1 aromatic carbocycles. The number of nitrogens with one attached hydrogen (secondary N) is 1. The monoisotopic (exact) mass is 265 g/mol. The van der Waals surface area contributed by atoms with Gasteiger partial charge in [-0.2, -0.15) is 0 Å². The van der Waals surface area contributed by atoms with Crippen molar-refractivity contribution in [3.8, 4) is 5.75 Å². The summed E-state index contributed by atoms with van der Waals surface area (Å²) in [6, 6.07) is 5.95. The fraction of sp³-hybridized carbons (Fsp3) is 0.625. The summed E-state index contributed by atoms with van der Waals surface area (Å²) in [4.78, 5) is 0. The van der Waals surface area contributed by atoms with Gasteiger partial charge in [0.25, 0.3) is 0 Å². The molecule has 2 N–H and O–H groups in total. The van der Waals surface area contributed by atoms with E-state index in [0.717, 1.165) is 29.8 Å². The van der Waals surface area contributed by atoms with Crippen molar-refractivity contribution in [2.75, 3.05) is 19.7 Å². The Morgan fingerprint density at radius 1 is 1.26 bits per heavy atom. The number of aliphatic hydroxyl groups is 1. The second-order valence-corrected chi connectivity index (χ2v) is 4.90. The van der Waals surface area contributed by atoms with Crippen LogP contribution in [0.15, 0.2) is 18.2 Å². The highest BCUT2D eigenvalue weighted by atomic mass is 16.5. The van der Waals surface area contributed by atoms with E-state index >= 15 is 0 Å². The van der Waals surface area contributed by atoms with E-state index in [4.69, 9.17) is 4.74 Å². The topological polar surface area (TPSA) is 41.5 Å². The van der Waals surface area contributed by atoms with E-state index in [-0.39, 0.29) is 0 Å². The zero-order chi connectivity index (χ0) is 14.1. The third kappa shape index (κ3) is 5.62. The SMILES string of the molecule is CCCCCNCC(O)c1cc(C)ccc1OCC. The summed E-state index contributed by atoms with van der Waals surface area (Å²) in [5.74, 6) is 0.788. The average molecular weight is 265 g/mol. The molecule has 0 aliphatic rings. The summed E-state index contributed by atoms with van der Waals surface area (Å²) in [6.45, 7) is 8.33. The Labute approximate surface area is 117 Å². The minimum atomic E-state index is -0.511. The molecule has 0 aliphatic carbocycles. The van der Waals surface area contributed by atoms with Gasteiger partial charge in [-0.15, -0.1) is 0 Å². The van der Waals surface area contributed by atoms with Gasteiger partial charge in [0.15, 0.2) is 0 Å². The van der Waals surface area contributed by atoms with E-state index in [1.54, 1.807) is 0 Å². The van der Waals surface area contributed by atoms with Crippen LogP contribution in [-0.4, -0.2) is 24.8 Å². The Morgan fingerprint density at radius 3 is 2.74 bits per heavy atom. The maximum Gasteiger partial charge on any atom is 0.125 e. The highest BCUT2D eigenvalue weighted by Gasteiger charge is 2.13. The van der Waals surface area contributed by atoms with Crippen molar-refractivity contribution in [1.29, 1.82) is 0 Å². The van der Waals surface area contributed by atoms with Crippen molar-refractivity contribution >= 4 is 0 Å². The Bertz CT molecular complexity index is 366. The first-order chi connectivity index (χ1) is 9.19. The molecule has 1 rings (SSSR count). The number of hydrogen-bond donors (Lipinski definition) is 2. The van der Waals surface area contributed by atoms with Gasteiger partial charge in [-0.05, 0) is 38.9 Å². The maximum absolute atomic E-state index is 10.3. The Balaban J connectivity index is 2.54. The van der Waals surface area contributed by atoms with E-state index in [2.05, 4.69) is 12.2 Å². The van der Waals surface area contributed by atoms with E-state index in [1.807, 2.05) is 32.0 Å². The molecular formula is C16H27NO2. The molecule has 1 aromatic rings. The Kier molecular flexibility index (Phi) is 7.53. The number of hydrogen-bond acceptors (Lipinski definition) is 3. The standard InChI is InChI=1S/C16H27NO2/c1-4-6-7-10-17-12-15(18)14-11-13(3)8-9-16(14)19-5-2/h8-9,11,15,17-18H,4-7,10,12H2,1-3H3. The molecule has 0 saturated carbocycles. The highest BCUT2D eigenvalue weighted by Crippen LogP contribution is 2.26. The van der Waals surface area contributed by atoms with Crippen LogP contribution >= 0.6 is 0 Å². The van der Waals surface area contributed by atoms with Gasteiger partial charge in [-0.3, -0.25) is 0 Å². The number of aryl methyl sites for hydroxylation is 1. The second kappa shape index (κ2) is 8.94.